The van der Waals surface area contributed by atoms with Crippen LogP contribution in [0.2, 0.25) is 0 Å². The van der Waals surface area contributed by atoms with Crippen molar-refractivity contribution in [1.82, 2.24) is 10.2 Å². The fraction of sp³-hybridized carbons (Fsp3) is 0.800. The Hall–Kier alpha value is -1.30. The van der Waals surface area contributed by atoms with Crippen LogP contribution in [0.3, 0.4) is 0 Å². The number of hydrogen-bond acceptors (Lipinski definition) is 3. The van der Waals surface area contributed by atoms with E-state index in [-0.39, 0.29) is 24.6 Å². The van der Waals surface area contributed by atoms with Crippen molar-refractivity contribution < 1.29 is 19.4 Å². The van der Waals surface area contributed by atoms with Gasteiger partial charge in [0.1, 0.15) is 0 Å². The Morgan fingerprint density at radius 3 is 3.06 bits per heavy atom. The molecule has 2 N–H and O–H groups in total. The average molecular weight is 228 g/mol. The highest BCUT2D eigenvalue weighted by Crippen LogP contribution is 2.16. The lowest BCUT2D eigenvalue weighted by Gasteiger charge is -2.18. The number of ether oxygens (including phenoxy) is 1. The summed E-state index contributed by atoms with van der Waals surface area (Å²) in [6, 6.07) is -0.451. The molecular weight excluding hydrogens is 212 g/mol. The third-order valence-electron chi connectivity index (χ3n) is 2.92. The highest BCUT2D eigenvalue weighted by atomic mass is 16.5. The Balaban J connectivity index is 1.82. The predicted octanol–water partition coefficient (Wildman–Crippen LogP) is 0.0339. The van der Waals surface area contributed by atoms with Gasteiger partial charge in [0.2, 0.25) is 0 Å². The van der Waals surface area contributed by atoms with Crippen molar-refractivity contribution in [2.75, 3.05) is 19.7 Å². The second kappa shape index (κ2) is 4.69. The third-order valence-corrected chi connectivity index (χ3v) is 2.92. The van der Waals surface area contributed by atoms with Crippen LogP contribution in [0.25, 0.3) is 0 Å². The Kier molecular flexibility index (Phi) is 3.28. The van der Waals surface area contributed by atoms with E-state index in [9.17, 15) is 9.59 Å². The zero-order valence-electron chi connectivity index (χ0n) is 9.02. The van der Waals surface area contributed by atoms with Gasteiger partial charge in [-0.15, -0.1) is 0 Å². The van der Waals surface area contributed by atoms with Crippen molar-refractivity contribution in [3.8, 4) is 0 Å². The highest BCUT2D eigenvalue weighted by Gasteiger charge is 2.32. The summed E-state index contributed by atoms with van der Waals surface area (Å²) in [7, 11) is 0. The van der Waals surface area contributed by atoms with Gasteiger partial charge < -0.3 is 20.1 Å². The topological polar surface area (TPSA) is 78.9 Å². The van der Waals surface area contributed by atoms with E-state index >= 15 is 0 Å². The first-order valence-electron chi connectivity index (χ1n) is 5.54. The lowest BCUT2D eigenvalue weighted by atomic mass is 10.2. The van der Waals surface area contributed by atoms with Crippen LogP contribution in [0.15, 0.2) is 0 Å². The molecule has 0 bridgehead atoms. The van der Waals surface area contributed by atoms with Gasteiger partial charge in [0.05, 0.1) is 18.6 Å². The summed E-state index contributed by atoms with van der Waals surface area (Å²) in [5, 5.41) is 11.3. The van der Waals surface area contributed by atoms with Crippen LogP contribution < -0.4 is 5.32 Å². The van der Waals surface area contributed by atoms with Gasteiger partial charge >= 0.3 is 12.0 Å². The molecule has 90 valence electrons. The molecule has 0 spiro atoms. The van der Waals surface area contributed by atoms with Gasteiger partial charge in [0.25, 0.3) is 0 Å². The van der Waals surface area contributed by atoms with Gasteiger partial charge in [-0.1, -0.05) is 0 Å². The summed E-state index contributed by atoms with van der Waals surface area (Å²) in [6.07, 6.45) is 2.12. The van der Waals surface area contributed by atoms with Crippen LogP contribution in [-0.2, 0) is 9.53 Å². The molecule has 2 saturated heterocycles. The minimum Gasteiger partial charge on any atom is -0.481 e. The Morgan fingerprint density at radius 1 is 1.62 bits per heavy atom. The van der Waals surface area contributed by atoms with E-state index < -0.39 is 5.97 Å². The first-order valence-corrected chi connectivity index (χ1v) is 5.54. The first-order chi connectivity index (χ1) is 7.65. The Bertz CT molecular complexity index is 289. The number of carboxylic acids is 1. The number of urea groups is 1. The summed E-state index contributed by atoms with van der Waals surface area (Å²) in [4.78, 5) is 23.7. The minimum absolute atomic E-state index is 0.0201. The molecule has 2 fully saturated rings. The molecule has 0 aromatic rings. The second-order valence-electron chi connectivity index (χ2n) is 4.28. The van der Waals surface area contributed by atoms with Crippen molar-refractivity contribution in [1.29, 1.82) is 0 Å². The summed E-state index contributed by atoms with van der Waals surface area (Å²) < 4.78 is 5.44. The van der Waals surface area contributed by atoms with E-state index in [4.69, 9.17) is 9.84 Å². The molecule has 2 aliphatic heterocycles. The summed E-state index contributed by atoms with van der Waals surface area (Å²) in [6.45, 7) is 1.80. The molecule has 0 aromatic heterocycles. The van der Waals surface area contributed by atoms with Crippen molar-refractivity contribution >= 4 is 12.0 Å². The third kappa shape index (κ3) is 2.63. The van der Waals surface area contributed by atoms with Crippen LogP contribution >= 0.6 is 0 Å². The first kappa shape index (κ1) is 11.2. The lowest BCUT2D eigenvalue weighted by Crippen LogP contribution is -2.34. The summed E-state index contributed by atoms with van der Waals surface area (Å²) in [5.74, 6) is -0.885. The van der Waals surface area contributed by atoms with E-state index in [1.807, 2.05) is 0 Å². The van der Waals surface area contributed by atoms with Gasteiger partial charge in [-0.2, -0.15) is 0 Å². The molecule has 2 amide bonds. The molecule has 2 unspecified atom stereocenters. The molecule has 0 aromatic carbocycles. The SMILES string of the molecule is O=C(O)CC1CN(CC2CCCO2)C(=O)N1. The molecule has 2 heterocycles. The van der Waals surface area contributed by atoms with E-state index in [0.29, 0.717) is 13.1 Å². The van der Waals surface area contributed by atoms with E-state index in [0.717, 1.165) is 19.4 Å². The van der Waals surface area contributed by atoms with Crippen molar-refractivity contribution in [3.63, 3.8) is 0 Å². The van der Waals surface area contributed by atoms with Crippen molar-refractivity contribution in [2.45, 2.75) is 31.4 Å². The van der Waals surface area contributed by atoms with Gasteiger partial charge in [-0.05, 0) is 12.8 Å². The fourth-order valence-corrected chi connectivity index (χ4v) is 2.18. The standard InChI is InChI=1S/C10H16N2O4/c13-9(14)4-7-5-12(10(15)11-7)6-8-2-1-3-16-8/h7-8H,1-6H2,(H,11,15)(H,13,14). The lowest BCUT2D eigenvalue weighted by molar-refractivity contribution is -0.137. The van der Waals surface area contributed by atoms with Crippen molar-refractivity contribution in [2.24, 2.45) is 0 Å². The van der Waals surface area contributed by atoms with Crippen LogP contribution in [0.4, 0.5) is 4.79 Å². The van der Waals surface area contributed by atoms with E-state index in [2.05, 4.69) is 5.32 Å². The molecule has 2 rings (SSSR count). The molecule has 0 saturated carbocycles. The van der Waals surface area contributed by atoms with Gasteiger partial charge in [-0.25, -0.2) is 4.79 Å². The predicted molar refractivity (Wildman–Crippen MR) is 55.1 cm³/mol. The van der Waals surface area contributed by atoms with Gasteiger partial charge in [0, 0.05) is 19.7 Å². The monoisotopic (exact) mass is 228 g/mol. The number of hydrogen-bond donors (Lipinski definition) is 2. The van der Waals surface area contributed by atoms with Crippen molar-refractivity contribution in [3.05, 3.63) is 0 Å². The number of carboxylic acid groups (broad SMARTS) is 1. The molecule has 2 aliphatic rings. The number of rotatable bonds is 4. The summed E-state index contributed by atoms with van der Waals surface area (Å²) >= 11 is 0. The molecule has 6 heteroatoms. The van der Waals surface area contributed by atoms with Crippen LogP contribution in [-0.4, -0.2) is 53.8 Å². The normalized spacial score (nSPS) is 29.5. The molecule has 16 heavy (non-hydrogen) atoms. The zero-order chi connectivity index (χ0) is 11.5. The summed E-state index contributed by atoms with van der Waals surface area (Å²) in [5.41, 5.74) is 0. The largest absolute Gasteiger partial charge is 0.481 e. The van der Waals surface area contributed by atoms with E-state index in [1.165, 1.54) is 0 Å². The van der Waals surface area contributed by atoms with Gasteiger partial charge in [-0.3, -0.25) is 4.79 Å². The molecular formula is C10H16N2O4. The second-order valence-corrected chi connectivity index (χ2v) is 4.28. The van der Waals surface area contributed by atoms with E-state index in [1.54, 1.807) is 4.90 Å². The molecule has 0 radical (unpaired) electrons. The Morgan fingerprint density at radius 2 is 2.44 bits per heavy atom. The number of amides is 2. The maximum atomic E-state index is 11.5. The molecule has 0 aliphatic carbocycles. The highest BCUT2D eigenvalue weighted by molar-refractivity contribution is 5.78. The number of aliphatic carboxylic acids is 1. The quantitative estimate of drug-likeness (QED) is 0.711. The zero-order valence-corrected chi connectivity index (χ0v) is 9.02. The fourth-order valence-electron chi connectivity index (χ4n) is 2.18. The smallest absolute Gasteiger partial charge is 0.317 e. The maximum Gasteiger partial charge on any atom is 0.317 e. The van der Waals surface area contributed by atoms with Crippen LogP contribution in [0.5, 0.6) is 0 Å². The number of nitrogens with zero attached hydrogens (tertiary/aromatic N) is 1. The molecule has 6 nitrogen and oxygen atoms in total. The minimum atomic E-state index is -0.885. The number of carbonyl (C=O) groups excluding carboxylic acids is 1. The van der Waals surface area contributed by atoms with Gasteiger partial charge in [0.15, 0.2) is 0 Å². The average Bonchev–Trinajstić information content (AvgIpc) is 2.77. The Labute approximate surface area is 93.6 Å². The maximum absolute atomic E-state index is 11.5. The molecule has 2 atom stereocenters. The number of carbonyl (C=O) groups is 2. The number of nitrogens with one attached hydrogen (secondary N) is 1. The van der Waals surface area contributed by atoms with Crippen LogP contribution in [0, 0.1) is 0 Å². The van der Waals surface area contributed by atoms with Crippen LogP contribution in [0.1, 0.15) is 19.3 Å².